The van der Waals surface area contributed by atoms with Gasteiger partial charge in [-0.3, -0.25) is 14.6 Å². The molecule has 0 radical (unpaired) electrons. The van der Waals surface area contributed by atoms with Gasteiger partial charge < -0.3 is 14.5 Å². The van der Waals surface area contributed by atoms with Crippen molar-refractivity contribution < 1.29 is 14.3 Å². The molecule has 3 aliphatic rings. The Hall–Kier alpha value is -2.73. The lowest BCUT2D eigenvalue weighted by Gasteiger charge is -2.33. The largest absolute Gasteiger partial charge is 0.351 e. The first-order chi connectivity index (χ1) is 13.2. The fraction of sp³-hybridized carbons (Fsp3) is 0.381. The maximum atomic E-state index is 12.9. The average Bonchev–Trinajstić information content (AvgIpc) is 3.32. The molecule has 1 spiro atoms. The summed E-state index contributed by atoms with van der Waals surface area (Å²) in [6.45, 7) is 1.10. The highest BCUT2D eigenvalue weighted by atomic mass is 16.5. The van der Waals surface area contributed by atoms with Gasteiger partial charge in [0.05, 0.1) is 31.5 Å². The molecule has 2 amide bonds. The molecule has 3 saturated heterocycles. The second-order valence-electron chi connectivity index (χ2n) is 7.44. The van der Waals surface area contributed by atoms with Gasteiger partial charge >= 0.3 is 0 Å². The van der Waals surface area contributed by atoms with E-state index in [9.17, 15) is 9.59 Å². The van der Waals surface area contributed by atoms with Crippen LogP contribution in [-0.2, 0) is 20.7 Å². The molecule has 6 nitrogen and oxygen atoms in total. The van der Waals surface area contributed by atoms with E-state index in [1.54, 1.807) is 12.4 Å². The van der Waals surface area contributed by atoms with E-state index < -0.39 is 5.72 Å². The van der Waals surface area contributed by atoms with Gasteiger partial charge in [-0.25, -0.2) is 0 Å². The molecule has 3 fully saturated rings. The van der Waals surface area contributed by atoms with Crippen LogP contribution in [0.3, 0.4) is 0 Å². The Labute approximate surface area is 157 Å². The maximum absolute atomic E-state index is 12.9. The first kappa shape index (κ1) is 16.4. The normalized spacial score (nSPS) is 29.1. The van der Waals surface area contributed by atoms with Crippen molar-refractivity contribution in [2.75, 3.05) is 13.2 Å². The number of aromatic nitrogens is 1. The Balaban J connectivity index is 1.40. The summed E-state index contributed by atoms with van der Waals surface area (Å²) >= 11 is 0. The number of ether oxygens (including phenoxy) is 1. The van der Waals surface area contributed by atoms with Crippen molar-refractivity contribution in [2.45, 2.75) is 37.1 Å². The highest BCUT2D eigenvalue weighted by molar-refractivity contribution is 5.85. The maximum Gasteiger partial charge on any atom is 0.227 e. The van der Waals surface area contributed by atoms with Crippen molar-refractivity contribution in [3.63, 3.8) is 0 Å². The van der Waals surface area contributed by atoms with Gasteiger partial charge in [0, 0.05) is 25.4 Å². The van der Waals surface area contributed by atoms with Crippen molar-refractivity contribution in [1.82, 2.24) is 14.8 Å². The number of carbonyl (C=O) groups excluding carboxylic acids is 2. The minimum absolute atomic E-state index is 0.0336. The number of hydrogen-bond acceptors (Lipinski definition) is 4. The molecule has 0 unspecified atom stereocenters. The van der Waals surface area contributed by atoms with Crippen LogP contribution in [0.2, 0.25) is 0 Å². The van der Waals surface area contributed by atoms with Crippen LogP contribution in [-0.4, -0.2) is 51.5 Å². The molecule has 0 N–H and O–H groups in total. The average molecular weight is 363 g/mol. The SMILES string of the molecule is O=C(Cc1cccnc1)N1CC[C@@]23OC[C@@H](c4ccccc4)N2C(=O)C[C@@H]13. The van der Waals surface area contributed by atoms with E-state index in [-0.39, 0.29) is 23.9 Å². The number of benzene rings is 1. The van der Waals surface area contributed by atoms with E-state index in [4.69, 9.17) is 4.74 Å². The van der Waals surface area contributed by atoms with Crippen LogP contribution in [0.25, 0.3) is 0 Å². The van der Waals surface area contributed by atoms with Crippen molar-refractivity contribution >= 4 is 11.8 Å². The van der Waals surface area contributed by atoms with Gasteiger partial charge in [-0.15, -0.1) is 0 Å². The van der Waals surface area contributed by atoms with Crippen LogP contribution in [0.1, 0.15) is 30.0 Å². The van der Waals surface area contributed by atoms with Crippen LogP contribution in [0, 0.1) is 0 Å². The summed E-state index contributed by atoms with van der Waals surface area (Å²) in [5.74, 6) is 0.108. The molecule has 1 aromatic carbocycles. The fourth-order valence-corrected chi connectivity index (χ4v) is 4.84. The summed E-state index contributed by atoms with van der Waals surface area (Å²) in [7, 11) is 0. The number of pyridine rings is 1. The van der Waals surface area contributed by atoms with Crippen LogP contribution < -0.4 is 0 Å². The minimum atomic E-state index is -0.664. The van der Waals surface area contributed by atoms with E-state index in [1.165, 1.54) is 0 Å². The Kier molecular flexibility index (Phi) is 3.75. The fourth-order valence-electron chi connectivity index (χ4n) is 4.84. The Bertz CT molecular complexity index is 873. The Morgan fingerprint density at radius 2 is 2.07 bits per heavy atom. The van der Waals surface area contributed by atoms with Gasteiger partial charge in [0.15, 0.2) is 5.72 Å². The molecule has 3 aliphatic heterocycles. The third-order valence-electron chi connectivity index (χ3n) is 6.04. The molecule has 0 saturated carbocycles. The van der Waals surface area contributed by atoms with Gasteiger partial charge in [0.25, 0.3) is 0 Å². The van der Waals surface area contributed by atoms with E-state index >= 15 is 0 Å². The summed E-state index contributed by atoms with van der Waals surface area (Å²) < 4.78 is 6.26. The summed E-state index contributed by atoms with van der Waals surface area (Å²) in [6.07, 6.45) is 4.72. The summed E-state index contributed by atoms with van der Waals surface area (Å²) in [4.78, 5) is 33.6. The van der Waals surface area contributed by atoms with E-state index in [0.717, 1.165) is 11.1 Å². The van der Waals surface area contributed by atoms with Crippen molar-refractivity contribution in [3.05, 3.63) is 66.0 Å². The van der Waals surface area contributed by atoms with Gasteiger partial charge in [0.1, 0.15) is 0 Å². The third kappa shape index (κ3) is 2.47. The lowest BCUT2D eigenvalue weighted by Crippen LogP contribution is -2.49. The number of likely N-dealkylation sites (tertiary alicyclic amines) is 1. The highest BCUT2D eigenvalue weighted by Gasteiger charge is 2.65. The number of hydrogen-bond donors (Lipinski definition) is 0. The van der Waals surface area contributed by atoms with E-state index in [0.29, 0.717) is 32.4 Å². The van der Waals surface area contributed by atoms with Crippen LogP contribution in [0.5, 0.6) is 0 Å². The molecule has 4 heterocycles. The molecule has 6 heteroatoms. The van der Waals surface area contributed by atoms with Crippen LogP contribution in [0.15, 0.2) is 54.9 Å². The number of rotatable bonds is 3. The van der Waals surface area contributed by atoms with E-state index in [2.05, 4.69) is 4.98 Å². The second-order valence-corrected chi connectivity index (χ2v) is 7.44. The second kappa shape index (κ2) is 6.16. The topological polar surface area (TPSA) is 62.7 Å². The zero-order valence-electron chi connectivity index (χ0n) is 15.0. The van der Waals surface area contributed by atoms with Crippen LogP contribution >= 0.6 is 0 Å². The monoisotopic (exact) mass is 363 g/mol. The highest BCUT2D eigenvalue weighted by Crippen LogP contribution is 2.51. The zero-order valence-corrected chi connectivity index (χ0v) is 15.0. The quantitative estimate of drug-likeness (QED) is 0.836. The van der Waals surface area contributed by atoms with Crippen molar-refractivity contribution in [2.24, 2.45) is 0 Å². The van der Waals surface area contributed by atoms with Gasteiger partial charge in [-0.2, -0.15) is 0 Å². The lowest BCUT2D eigenvalue weighted by atomic mass is 10.0. The number of carbonyl (C=O) groups is 2. The van der Waals surface area contributed by atoms with Gasteiger partial charge in [-0.1, -0.05) is 36.4 Å². The van der Waals surface area contributed by atoms with Crippen LogP contribution in [0.4, 0.5) is 0 Å². The summed E-state index contributed by atoms with van der Waals surface area (Å²) in [6, 6.07) is 13.5. The predicted octanol–water partition coefficient (Wildman–Crippen LogP) is 1.93. The first-order valence-corrected chi connectivity index (χ1v) is 9.38. The standard InChI is InChI=1S/C21H21N3O3/c25-19(11-15-5-4-9-22-13-15)23-10-8-21-18(23)12-20(26)24(21)17(14-27-21)16-6-2-1-3-7-16/h1-7,9,13,17-18H,8,10-12,14H2/t17-,18+,21-/m0/s1. The molecule has 2 aromatic rings. The Morgan fingerprint density at radius 1 is 1.22 bits per heavy atom. The Morgan fingerprint density at radius 3 is 2.85 bits per heavy atom. The molecule has 3 atom stereocenters. The minimum Gasteiger partial charge on any atom is -0.351 e. The predicted molar refractivity (Wildman–Crippen MR) is 97.4 cm³/mol. The molecule has 1 aromatic heterocycles. The number of nitrogens with zero attached hydrogens (tertiary/aromatic N) is 3. The summed E-state index contributed by atoms with van der Waals surface area (Å²) in [5, 5.41) is 0. The zero-order chi connectivity index (χ0) is 18.4. The van der Waals surface area contributed by atoms with Gasteiger partial charge in [-0.05, 0) is 17.2 Å². The molecular weight excluding hydrogens is 342 g/mol. The number of amides is 2. The van der Waals surface area contributed by atoms with E-state index in [1.807, 2.05) is 52.3 Å². The molecule has 138 valence electrons. The van der Waals surface area contributed by atoms with Gasteiger partial charge in [0.2, 0.25) is 11.8 Å². The molecule has 27 heavy (non-hydrogen) atoms. The molecule has 0 aliphatic carbocycles. The smallest absolute Gasteiger partial charge is 0.227 e. The molecular formula is C21H21N3O3. The third-order valence-corrected chi connectivity index (χ3v) is 6.04. The first-order valence-electron chi connectivity index (χ1n) is 9.38. The van der Waals surface area contributed by atoms with Crippen molar-refractivity contribution in [1.29, 1.82) is 0 Å². The van der Waals surface area contributed by atoms with Crippen molar-refractivity contribution in [3.8, 4) is 0 Å². The lowest BCUT2D eigenvalue weighted by molar-refractivity contribution is -0.141. The molecule has 5 rings (SSSR count). The molecule has 0 bridgehead atoms. The summed E-state index contributed by atoms with van der Waals surface area (Å²) in [5.41, 5.74) is 1.31.